The van der Waals surface area contributed by atoms with Crippen molar-refractivity contribution in [1.82, 2.24) is 10.2 Å². The van der Waals surface area contributed by atoms with Gasteiger partial charge in [0.15, 0.2) is 0 Å². The predicted molar refractivity (Wildman–Crippen MR) is 86.4 cm³/mol. The summed E-state index contributed by atoms with van der Waals surface area (Å²) < 4.78 is 5.48. The smallest absolute Gasteiger partial charge is 0.335 e. The van der Waals surface area contributed by atoms with Crippen molar-refractivity contribution in [2.75, 3.05) is 19.8 Å². The third-order valence-electron chi connectivity index (χ3n) is 3.88. The van der Waals surface area contributed by atoms with Crippen molar-refractivity contribution in [3.05, 3.63) is 35.4 Å². The predicted octanol–water partition coefficient (Wildman–Crippen LogP) is 2.34. The molecule has 1 aliphatic rings. The Kier molecular flexibility index (Phi) is 5.98. The van der Waals surface area contributed by atoms with E-state index >= 15 is 0 Å². The van der Waals surface area contributed by atoms with Crippen molar-refractivity contribution in [3.63, 3.8) is 0 Å². The van der Waals surface area contributed by atoms with Gasteiger partial charge in [-0.15, -0.1) is 0 Å². The molecule has 1 aromatic rings. The molecule has 1 aromatic carbocycles. The van der Waals surface area contributed by atoms with E-state index < -0.39 is 5.97 Å². The van der Waals surface area contributed by atoms with Gasteiger partial charge in [0.2, 0.25) is 0 Å². The number of hydrogen-bond acceptors (Lipinski definition) is 3. The first-order chi connectivity index (χ1) is 11.0. The van der Waals surface area contributed by atoms with Crippen LogP contribution in [0, 0.1) is 5.92 Å². The lowest BCUT2D eigenvalue weighted by Crippen LogP contribution is -2.52. The molecule has 0 spiro atoms. The number of rotatable bonds is 5. The molecular formula is C17H24N2O4. The average Bonchev–Trinajstić information content (AvgIpc) is 2.53. The number of benzene rings is 1. The van der Waals surface area contributed by atoms with Gasteiger partial charge in [0.1, 0.15) is 0 Å². The Hall–Kier alpha value is -2.08. The highest BCUT2D eigenvalue weighted by Crippen LogP contribution is 2.16. The van der Waals surface area contributed by atoms with Crippen LogP contribution >= 0.6 is 0 Å². The van der Waals surface area contributed by atoms with E-state index in [9.17, 15) is 9.59 Å². The molecule has 23 heavy (non-hydrogen) atoms. The molecule has 0 radical (unpaired) electrons. The minimum Gasteiger partial charge on any atom is -0.478 e. The minimum absolute atomic E-state index is 0.0961. The molecule has 0 bridgehead atoms. The van der Waals surface area contributed by atoms with Crippen LogP contribution in [0.3, 0.4) is 0 Å². The van der Waals surface area contributed by atoms with Gasteiger partial charge in [-0.25, -0.2) is 9.59 Å². The maximum absolute atomic E-state index is 12.4. The Labute approximate surface area is 136 Å². The molecule has 2 rings (SSSR count). The van der Waals surface area contributed by atoms with Gasteiger partial charge in [0.25, 0.3) is 0 Å². The molecule has 1 fully saturated rings. The first-order valence-corrected chi connectivity index (χ1v) is 7.92. The van der Waals surface area contributed by atoms with Gasteiger partial charge in [-0.05, 0) is 30.0 Å². The molecule has 6 nitrogen and oxygen atoms in total. The van der Waals surface area contributed by atoms with Gasteiger partial charge in [-0.2, -0.15) is 0 Å². The van der Waals surface area contributed by atoms with E-state index in [-0.39, 0.29) is 17.6 Å². The van der Waals surface area contributed by atoms with Crippen LogP contribution in [-0.2, 0) is 11.3 Å². The Morgan fingerprint density at radius 2 is 2.04 bits per heavy atom. The summed E-state index contributed by atoms with van der Waals surface area (Å²) in [7, 11) is 0. The molecule has 126 valence electrons. The van der Waals surface area contributed by atoms with E-state index in [0.717, 1.165) is 12.0 Å². The Morgan fingerprint density at radius 1 is 1.35 bits per heavy atom. The normalized spacial score (nSPS) is 18.0. The van der Waals surface area contributed by atoms with Crippen molar-refractivity contribution in [1.29, 1.82) is 0 Å². The molecule has 6 heteroatoms. The molecule has 2 amide bonds. The Balaban J connectivity index is 1.90. The quantitative estimate of drug-likeness (QED) is 0.873. The maximum Gasteiger partial charge on any atom is 0.335 e. The van der Waals surface area contributed by atoms with Crippen LogP contribution in [0.2, 0.25) is 0 Å². The number of carboxylic acids is 1. The number of nitrogens with zero attached hydrogens (tertiary/aromatic N) is 1. The van der Waals surface area contributed by atoms with Crippen molar-refractivity contribution >= 4 is 12.0 Å². The lowest BCUT2D eigenvalue weighted by molar-refractivity contribution is 0.00551. The second-order valence-corrected chi connectivity index (χ2v) is 6.21. The second-order valence-electron chi connectivity index (χ2n) is 6.21. The summed E-state index contributed by atoms with van der Waals surface area (Å²) in [5.74, 6) is -0.453. The zero-order chi connectivity index (χ0) is 16.8. The summed E-state index contributed by atoms with van der Waals surface area (Å²) in [5.41, 5.74) is 1.11. The second kappa shape index (κ2) is 7.97. The zero-order valence-corrected chi connectivity index (χ0v) is 13.6. The van der Waals surface area contributed by atoms with Gasteiger partial charge in [-0.1, -0.05) is 26.0 Å². The average molecular weight is 320 g/mol. The number of carbonyl (C=O) groups is 2. The summed E-state index contributed by atoms with van der Waals surface area (Å²) in [5, 5.41) is 11.8. The molecular weight excluding hydrogens is 296 g/mol. The van der Waals surface area contributed by atoms with E-state index in [2.05, 4.69) is 19.2 Å². The van der Waals surface area contributed by atoms with Crippen LogP contribution in [-0.4, -0.2) is 47.8 Å². The molecule has 1 aliphatic heterocycles. The van der Waals surface area contributed by atoms with Crippen LogP contribution in [0.1, 0.15) is 36.2 Å². The van der Waals surface area contributed by atoms with Crippen LogP contribution in [0.4, 0.5) is 4.79 Å². The summed E-state index contributed by atoms with van der Waals surface area (Å²) in [6, 6.07) is 6.53. The van der Waals surface area contributed by atoms with E-state index in [1.165, 1.54) is 0 Å². The fourth-order valence-electron chi connectivity index (χ4n) is 2.71. The number of nitrogens with one attached hydrogen (secondary N) is 1. The fourth-order valence-corrected chi connectivity index (χ4v) is 2.71. The van der Waals surface area contributed by atoms with E-state index in [0.29, 0.717) is 32.2 Å². The lowest BCUT2D eigenvalue weighted by atomic mass is 10.0. The molecule has 0 saturated carbocycles. The van der Waals surface area contributed by atoms with Gasteiger partial charge >= 0.3 is 12.0 Å². The van der Waals surface area contributed by atoms with Crippen molar-refractivity contribution in [2.45, 2.75) is 32.9 Å². The minimum atomic E-state index is -0.953. The molecule has 1 heterocycles. The Morgan fingerprint density at radius 3 is 2.65 bits per heavy atom. The van der Waals surface area contributed by atoms with Crippen molar-refractivity contribution in [3.8, 4) is 0 Å². The highest BCUT2D eigenvalue weighted by Gasteiger charge is 2.27. The number of amides is 2. The van der Waals surface area contributed by atoms with Gasteiger partial charge in [0.05, 0.1) is 24.8 Å². The highest BCUT2D eigenvalue weighted by atomic mass is 16.5. The first-order valence-electron chi connectivity index (χ1n) is 7.92. The van der Waals surface area contributed by atoms with Crippen LogP contribution in [0.15, 0.2) is 24.3 Å². The van der Waals surface area contributed by atoms with Gasteiger partial charge in [0, 0.05) is 13.1 Å². The lowest BCUT2D eigenvalue weighted by Gasteiger charge is -2.36. The van der Waals surface area contributed by atoms with Gasteiger partial charge in [-0.3, -0.25) is 0 Å². The SMILES string of the molecule is CC(C)C[C@H]1COCCN1C(=O)NCc1ccc(C(=O)O)cc1. The van der Waals surface area contributed by atoms with E-state index in [1.54, 1.807) is 24.3 Å². The molecule has 2 N–H and O–H groups in total. The highest BCUT2D eigenvalue weighted by molar-refractivity contribution is 5.87. The number of morpholine rings is 1. The summed E-state index contributed by atoms with van der Waals surface area (Å²) in [4.78, 5) is 25.1. The number of aromatic carboxylic acids is 1. The third-order valence-corrected chi connectivity index (χ3v) is 3.88. The number of carbonyl (C=O) groups excluding carboxylic acids is 1. The Bertz CT molecular complexity index is 542. The third kappa shape index (κ3) is 4.96. The standard InChI is InChI=1S/C17H24N2O4/c1-12(2)9-15-11-23-8-7-19(15)17(22)18-10-13-3-5-14(6-4-13)16(20)21/h3-6,12,15H,7-11H2,1-2H3,(H,18,22)(H,20,21)/t15-/m0/s1. The summed E-state index contributed by atoms with van der Waals surface area (Å²) >= 11 is 0. The number of hydrogen-bond donors (Lipinski definition) is 2. The summed E-state index contributed by atoms with van der Waals surface area (Å²) in [6.07, 6.45) is 0.917. The molecule has 1 saturated heterocycles. The number of urea groups is 1. The van der Waals surface area contributed by atoms with E-state index in [1.807, 2.05) is 4.90 Å². The van der Waals surface area contributed by atoms with Crippen molar-refractivity contribution in [2.24, 2.45) is 5.92 Å². The van der Waals surface area contributed by atoms with E-state index in [4.69, 9.17) is 9.84 Å². The van der Waals surface area contributed by atoms with Crippen LogP contribution in [0.25, 0.3) is 0 Å². The monoisotopic (exact) mass is 320 g/mol. The number of carboxylic acid groups (broad SMARTS) is 1. The molecule has 0 aromatic heterocycles. The largest absolute Gasteiger partial charge is 0.478 e. The first kappa shape index (κ1) is 17.3. The van der Waals surface area contributed by atoms with Crippen molar-refractivity contribution < 1.29 is 19.4 Å². The van der Waals surface area contributed by atoms with Crippen LogP contribution in [0.5, 0.6) is 0 Å². The van der Waals surface area contributed by atoms with Crippen LogP contribution < -0.4 is 5.32 Å². The van der Waals surface area contributed by atoms with Gasteiger partial charge < -0.3 is 20.1 Å². The molecule has 0 aliphatic carbocycles. The maximum atomic E-state index is 12.4. The summed E-state index contributed by atoms with van der Waals surface area (Å²) in [6.45, 7) is 6.39. The molecule has 1 atom stereocenters. The zero-order valence-electron chi connectivity index (χ0n) is 13.6. The molecule has 0 unspecified atom stereocenters. The fraction of sp³-hybridized carbons (Fsp3) is 0.529. The number of ether oxygens (including phenoxy) is 1. The topological polar surface area (TPSA) is 78.9 Å².